The first-order valence-corrected chi connectivity index (χ1v) is 11.4. The highest BCUT2D eigenvalue weighted by Crippen LogP contribution is 2.14. The molecule has 162 valence electrons. The zero-order valence-corrected chi connectivity index (χ0v) is 17.4. The summed E-state index contributed by atoms with van der Waals surface area (Å²) >= 11 is 0. The van der Waals surface area contributed by atoms with Crippen LogP contribution in [-0.2, 0) is 32.3 Å². The van der Waals surface area contributed by atoms with E-state index in [1.807, 2.05) is 0 Å². The van der Waals surface area contributed by atoms with Crippen molar-refractivity contribution in [2.45, 2.75) is 24.0 Å². The average molecular weight is 438 g/mol. The van der Waals surface area contributed by atoms with Crippen LogP contribution >= 0.6 is 0 Å². The molecule has 0 bridgehead atoms. The summed E-state index contributed by atoms with van der Waals surface area (Å²) in [6.45, 7) is 2.44. The van der Waals surface area contributed by atoms with Crippen LogP contribution in [0.1, 0.15) is 11.1 Å². The van der Waals surface area contributed by atoms with Gasteiger partial charge in [0.15, 0.2) is 21.5 Å². The third-order valence-corrected chi connectivity index (χ3v) is 5.94. The normalized spacial score (nSPS) is 17.6. The molecule has 9 heteroatoms. The topological polar surface area (TPSA) is 75.7 Å². The monoisotopic (exact) mass is 438 g/mol. The van der Waals surface area contributed by atoms with Crippen LogP contribution in [0, 0.1) is 11.6 Å². The molecule has 1 saturated heterocycles. The summed E-state index contributed by atoms with van der Waals surface area (Å²) < 4.78 is 55.4. The van der Waals surface area contributed by atoms with Crippen molar-refractivity contribution in [1.29, 1.82) is 0 Å². The van der Waals surface area contributed by atoms with Gasteiger partial charge in [-0.2, -0.15) is 0 Å². The summed E-state index contributed by atoms with van der Waals surface area (Å²) in [5, 5.41) is 2.81. The maximum Gasteiger partial charge on any atom is 0.224 e. The number of morpholine rings is 1. The summed E-state index contributed by atoms with van der Waals surface area (Å²) in [6, 6.07) is 10.2. The maximum absolute atomic E-state index is 13.4. The molecule has 1 amide bonds. The van der Waals surface area contributed by atoms with E-state index in [2.05, 4.69) is 10.2 Å². The van der Waals surface area contributed by atoms with E-state index in [9.17, 15) is 22.0 Å². The SMILES string of the molecule is CS(=O)(=O)c1cccc(CC(=O)NC[C@H]2CN(Cc3ccc(F)c(F)c3)CCO2)c1. The quantitative estimate of drug-likeness (QED) is 0.715. The Morgan fingerprint density at radius 1 is 1.17 bits per heavy atom. The number of nitrogens with zero attached hydrogens (tertiary/aromatic N) is 1. The fourth-order valence-electron chi connectivity index (χ4n) is 3.31. The lowest BCUT2D eigenvalue weighted by Crippen LogP contribution is -2.47. The first-order chi connectivity index (χ1) is 14.2. The third kappa shape index (κ3) is 6.32. The van der Waals surface area contributed by atoms with Gasteiger partial charge in [-0.1, -0.05) is 18.2 Å². The molecule has 1 N–H and O–H groups in total. The van der Waals surface area contributed by atoms with E-state index in [1.165, 1.54) is 18.2 Å². The van der Waals surface area contributed by atoms with Crippen LogP contribution in [0.25, 0.3) is 0 Å². The van der Waals surface area contributed by atoms with E-state index >= 15 is 0 Å². The van der Waals surface area contributed by atoms with E-state index in [4.69, 9.17) is 4.74 Å². The summed E-state index contributed by atoms with van der Waals surface area (Å²) in [4.78, 5) is 14.5. The first-order valence-electron chi connectivity index (χ1n) is 9.54. The molecule has 2 aromatic carbocycles. The second kappa shape index (κ2) is 9.63. The smallest absolute Gasteiger partial charge is 0.224 e. The summed E-state index contributed by atoms with van der Waals surface area (Å²) in [6.07, 6.45) is 0.961. The number of hydrogen-bond acceptors (Lipinski definition) is 5. The fourth-order valence-corrected chi connectivity index (χ4v) is 4.00. The Bertz CT molecular complexity index is 1010. The van der Waals surface area contributed by atoms with Gasteiger partial charge in [0.2, 0.25) is 5.91 Å². The van der Waals surface area contributed by atoms with Crippen LogP contribution in [0.4, 0.5) is 8.78 Å². The molecule has 0 spiro atoms. The van der Waals surface area contributed by atoms with Gasteiger partial charge in [-0.15, -0.1) is 0 Å². The van der Waals surface area contributed by atoms with Crippen molar-refractivity contribution in [3.8, 4) is 0 Å². The van der Waals surface area contributed by atoms with Crippen LogP contribution in [0.15, 0.2) is 47.4 Å². The van der Waals surface area contributed by atoms with E-state index in [0.29, 0.717) is 43.9 Å². The highest BCUT2D eigenvalue weighted by Gasteiger charge is 2.21. The number of ether oxygens (including phenoxy) is 1. The van der Waals surface area contributed by atoms with Crippen molar-refractivity contribution in [2.24, 2.45) is 0 Å². The van der Waals surface area contributed by atoms with Crippen LogP contribution < -0.4 is 5.32 Å². The van der Waals surface area contributed by atoms with Gasteiger partial charge in [0.25, 0.3) is 0 Å². The van der Waals surface area contributed by atoms with Crippen LogP contribution in [0.5, 0.6) is 0 Å². The van der Waals surface area contributed by atoms with Crippen LogP contribution in [-0.4, -0.2) is 57.8 Å². The standard InChI is InChI=1S/C21H24F2N2O4S/c1-30(27,28)18-4-2-3-15(9-18)11-21(26)24-12-17-14-25(7-8-29-17)13-16-5-6-19(22)20(23)10-16/h2-6,9-10,17H,7-8,11-14H2,1H3,(H,24,26)/t17-/m0/s1. The van der Waals surface area contributed by atoms with Gasteiger partial charge in [0.05, 0.1) is 24.0 Å². The molecule has 2 aromatic rings. The molecule has 6 nitrogen and oxygen atoms in total. The highest BCUT2D eigenvalue weighted by atomic mass is 32.2. The Kier molecular flexibility index (Phi) is 7.17. The van der Waals surface area contributed by atoms with Crippen molar-refractivity contribution in [1.82, 2.24) is 10.2 Å². The van der Waals surface area contributed by atoms with Gasteiger partial charge in [0, 0.05) is 32.4 Å². The molecule has 3 rings (SSSR count). The molecule has 0 radical (unpaired) electrons. The van der Waals surface area contributed by atoms with E-state index in [-0.39, 0.29) is 23.3 Å². The molecule has 0 unspecified atom stereocenters. The van der Waals surface area contributed by atoms with Crippen molar-refractivity contribution in [3.63, 3.8) is 0 Å². The number of benzene rings is 2. The number of nitrogens with one attached hydrogen (secondary N) is 1. The van der Waals surface area contributed by atoms with Crippen molar-refractivity contribution in [2.75, 3.05) is 32.5 Å². The number of carbonyl (C=O) groups excluding carboxylic acids is 1. The Balaban J connectivity index is 1.49. The second-order valence-electron chi connectivity index (χ2n) is 7.38. The molecule has 30 heavy (non-hydrogen) atoms. The number of amides is 1. The molecule has 1 heterocycles. The molecule has 1 fully saturated rings. The molecule has 0 saturated carbocycles. The Morgan fingerprint density at radius 2 is 1.97 bits per heavy atom. The van der Waals surface area contributed by atoms with Crippen molar-refractivity contribution < 1.29 is 26.7 Å². The number of halogens is 2. The predicted molar refractivity (Wildman–Crippen MR) is 108 cm³/mol. The number of rotatable bonds is 7. The Morgan fingerprint density at radius 3 is 2.70 bits per heavy atom. The van der Waals surface area contributed by atoms with Gasteiger partial charge in [0.1, 0.15) is 0 Å². The molecule has 0 aliphatic carbocycles. The largest absolute Gasteiger partial charge is 0.374 e. The van der Waals surface area contributed by atoms with Gasteiger partial charge >= 0.3 is 0 Å². The molecule has 1 aliphatic rings. The lowest BCUT2D eigenvalue weighted by Gasteiger charge is -2.33. The summed E-state index contributed by atoms with van der Waals surface area (Å²) in [7, 11) is -3.33. The average Bonchev–Trinajstić information content (AvgIpc) is 2.69. The fraction of sp³-hybridized carbons (Fsp3) is 0.381. The minimum atomic E-state index is -3.33. The number of hydrogen-bond donors (Lipinski definition) is 1. The first kappa shape index (κ1) is 22.3. The van der Waals surface area contributed by atoms with E-state index in [1.54, 1.807) is 18.2 Å². The molecule has 1 atom stereocenters. The molecule has 0 aromatic heterocycles. The second-order valence-corrected chi connectivity index (χ2v) is 9.39. The van der Waals surface area contributed by atoms with Crippen LogP contribution in [0.3, 0.4) is 0 Å². The van der Waals surface area contributed by atoms with E-state index in [0.717, 1.165) is 12.3 Å². The highest BCUT2D eigenvalue weighted by molar-refractivity contribution is 7.90. The lowest BCUT2D eigenvalue weighted by molar-refractivity contribution is -0.121. The molecular formula is C21H24F2N2O4S. The zero-order valence-electron chi connectivity index (χ0n) is 16.6. The predicted octanol–water partition coefficient (Wildman–Crippen LogP) is 1.93. The Hall–Kier alpha value is -2.36. The zero-order chi connectivity index (χ0) is 21.7. The van der Waals surface area contributed by atoms with Crippen molar-refractivity contribution in [3.05, 3.63) is 65.2 Å². The van der Waals surface area contributed by atoms with Gasteiger partial charge in [-0.3, -0.25) is 9.69 Å². The summed E-state index contributed by atoms with van der Waals surface area (Å²) in [5.41, 5.74) is 1.28. The molecule has 1 aliphatic heterocycles. The summed E-state index contributed by atoms with van der Waals surface area (Å²) in [5.74, 6) is -1.98. The Labute approximate surface area is 174 Å². The third-order valence-electron chi connectivity index (χ3n) is 4.83. The van der Waals surface area contributed by atoms with Crippen molar-refractivity contribution >= 4 is 15.7 Å². The van der Waals surface area contributed by atoms with Crippen LogP contribution in [0.2, 0.25) is 0 Å². The number of sulfone groups is 1. The van der Waals surface area contributed by atoms with Gasteiger partial charge in [-0.25, -0.2) is 17.2 Å². The lowest BCUT2D eigenvalue weighted by atomic mass is 10.1. The number of carbonyl (C=O) groups is 1. The van der Waals surface area contributed by atoms with Gasteiger partial charge < -0.3 is 10.1 Å². The van der Waals surface area contributed by atoms with E-state index < -0.39 is 21.5 Å². The maximum atomic E-state index is 13.4. The minimum absolute atomic E-state index is 0.0641. The van der Waals surface area contributed by atoms with Gasteiger partial charge in [-0.05, 0) is 35.4 Å². The molecular weight excluding hydrogens is 414 g/mol. The minimum Gasteiger partial charge on any atom is -0.374 e.